The molecule has 8 heteroatoms. The van der Waals surface area contributed by atoms with Crippen molar-refractivity contribution < 1.29 is 13.2 Å². The van der Waals surface area contributed by atoms with Crippen LogP contribution in [0.1, 0.15) is 29.5 Å². The maximum atomic E-state index is 12.9. The Bertz CT molecular complexity index is 1210. The first-order valence-corrected chi connectivity index (χ1v) is 12.2. The molecule has 6 nitrogen and oxygen atoms in total. The molecule has 0 saturated carbocycles. The Balaban J connectivity index is 1.42. The Labute approximate surface area is 181 Å². The van der Waals surface area contributed by atoms with Crippen LogP contribution in [0, 0.1) is 26.7 Å². The number of nitrogens with one attached hydrogen (secondary N) is 1. The van der Waals surface area contributed by atoms with Crippen LogP contribution in [0.3, 0.4) is 0 Å². The minimum Gasteiger partial charge on any atom is -0.302 e. The van der Waals surface area contributed by atoms with Crippen molar-refractivity contribution in [2.45, 2.75) is 38.5 Å². The van der Waals surface area contributed by atoms with Crippen LogP contribution in [0.15, 0.2) is 41.3 Å². The minimum atomic E-state index is -3.53. The van der Waals surface area contributed by atoms with Crippen molar-refractivity contribution >= 4 is 42.6 Å². The van der Waals surface area contributed by atoms with Gasteiger partial charge in [0.15, 0.2) is 5.13 Å². The summed E-state index contributed by atoms with van der Waals surface area (Å²) < 4.78 is 28.3. The average Bonchev–Trinajstić information content (AvgIpc) is 3.10. The van der Waals surface area contributed by atoms with Crippen molar-refractivity contribution in [2.75, 3.05) is 18.4 Å². The second-order valence-corrected chi connectivity index (χ2v) is 10.9. The van der Waals surface area contributed by atoms with Crippen LogP contribution in [-0.4, -0.2) is 36.7 Å². The lowest BCUT2D eigenvalue weighted by atomic mass is 9.97. The van der Waals surface area contributed by atoms with E-state index in [2.05, 4.69) is 22.4 Å². The predicted octanol–water partition coefficient (Wildman–Crippen LogP) is 4.26. The fourth-order valence-electron chi connectivity index (χ4n) is 3.91. The Kier molecular flexibility index (Phi) is 5.65. The quantitative estimate of drug-likeness (QED) is 0.653. The molecule has 1 aliphatic heterocycles. The Hall–Kier alpha value is -2.29. The Morgan fingerprint density at radius 3 is 2.53 bits per heavy atom. The molecular formula is C22H25N3O3S2. The molecule has 0 bridgehead atoms. The molecule has 1 amide bonds. The summed E-state index contributed by atoms with van der Waals surface area (Å²) in [5, 5.41) is 3.54. The molecule has 1 saturated heterocycles. The molecule has 0 aliphatic carbocycles. The standard InChI is InChI=1S/C22H25N3O3S2/c1-14-5-4-6-18(12-14)30(27,28)25-9-7-17(8-10-25)21(26)24-22-23-20-16(3)11-15(2)13-19(20)29-22/h4-6,11-13,17H,7-10H2,1-3H3,(H,23,24,26). The molecule has 0 unspecified atom stereocenters. The maximum absolute atomic E-state index is 12.9. The van der Waals surface area contributed by atoms with Crippen molar-refractivity contribution in [3.63, 3.8) is 0 Å². The second kappa shape index (κ2) is 8.09. The lowest BCUT2D eigenvalue weighted by Crippen LogP contribution is -2.41. The third kappa shape index (κ3) is 4.12. The van der Waals surface area contributed by atoms with E-state index in [4.69, 9.17) is 0 Å². The van der Waals surface area contributed by atoms with E-state index in [9.17, 15) is 13.2 Å². The van der Waals surface area contributed by atoms with Crippen LogP contribution in [-0.2, 0) is 14.8 Å². The van der Waals surface area contributed by atoms with Crippen LogP contribution < -0.4 is 5.32 Å². The number of aromatic nitrogens is 1. The molecule has 2 aromatic carbocycles. The number of sulfonamides is 1. The molecule has 4 rings (SSSR count). The van der Waals surface area contributed by atoms with E-state index in [1.165, 1.54) is 21.2 Å². The Morgan fingerprint density at radius 2 is 1.83 bits per heavy atom. The number of fused-ring (bicyclic) bond motifs is 1. The third-order valence-electron chi connectivity index (χ3n) is 5.51. The highest BCUT2D eigenvalue weighted by Gasteiger charge is 2.32. The van der Waals surface area contributed by atoms with Gasteiger partial charge in [0.1, 0.15) is 0 Å². The molecule has 2 heterocycles. The minimum absolute atomic E-state index is 0.0870. The molecule has 0 radical (unpaired) electrons. The first-order chi connectivity index (χ1) is 14.2. The van der Waals surface area contributed by atoms with Crippen molar-refractivity contribution in [2.24, 2.45) is 5.92 Å². The molecule has 1 aliphatic rings. The fourth-order valence-corrected chi connectivity index (χ4v) is 6.53. The summed E-state index contributed by atoms with van der Waals surface area (Å²) in [5.41, 5.74) is 4.09. The van der Waals surface area contributed by atoms with Gasteiger partial charge in [0, 0.05) is 19.0 Å². The zero-order valence-electron chi connectivity index (χ0n) is 17.3. The van der Waals surface area contributed by atoms with Crippen molar-refractivity contribution in [1.29, 1.82) is 0 Å². The van der Waals surface area contributed by atoms with Crippen LogP contribution in [0.2, 0.25) is 0 Å². The van der Waals surface area contributed by atoms with E-state index in [1.807, 2.05) is 26.8 Å². The van der Waals surface area contributed by atoms with Gasteiger partial charge in [-0.15, -0.1) is 0 Å². The number of amides is 1. The van der Waals surface area contributed by atoms with Gasteiger partial charge in [0.2, 0.25) is 15.9 Å². The van der Waals surface area contributed by atoms with Gasteiger partial charge in [-0.25, -0.2) is 13.4 Å². The van der Waals surface area contributed by atoms with Gasteiger partial charge >= 0.3 is 0 Å². The first-order valence-electron chi connectivity index (χ1n) is 9.99. The topological polar surface area (TPSA) is 79.4 Å². The molecule has 0 atom stereocenters. The van der Waals surface area contributed by atoms with Gasteiger partial charge < -0.3 is 5.32 Å². The van der Waals surface area contributed by atoms with Crippen molar-refractivity contribution in [3.05, 3.63) is 53.1 Å². The number of nitrogens with zero attached hydrogens (tertiary/aromatic N) is 2. The fraction of sp³-hybridized carbons (Fsp3) is 0.364. The van der Waals surface area contributed by atoms with Crippen LogP contribution in [0.25, 0.3) is 10.2 Å². The molecule has 30 heavy (non-hydrogen) atoms. The summed E-state index contributed by atoms with van der Waals surface area (Å²) in [6.45, 7) is 6.62. The van der Waals surface area contributed by atoms with Crippen LogP contribution in [0.5, 0.6) is 0 Å². The van der Waals surface area contributed by atoms with Gasteiger partial charge in [0.05, 0.1) is 15.1 Å². The molecule has 0 spiro atoms. The molecule has 1 aromatic heterocycles. The zero-order chi connectivity index (χ0) is 21.5. The van der Waals surface area contributed by atoms with Crippen LogP contribution >= 0.6 is 11.3 Å². The number of thiazole rings is 1. The largest absolute Gasteiger partial charge is 0.302 e. The number of rotatable bonds is 4. The Morgan fingerprint density at radius 1 is 1.10 bits per heavy atom. The smallest absolute Gasteiger partial charge is 0.243 e. The lowest BCUT2D eigenvalue weighted by molar-refractivity contribution is -0.120. The molecule has 1 fully saturated rings. The van der Waals surface area contributed by atoms with E-state index >= 15 is 0 Å². The van der Waals surface area contributed by atoms with Gasteiger partial charge in [-0.05, 0) is 68.5 Å². The predicted molar refractivity (Wildman–Crippen MR) is 120 cm³/mol. The summed E-state index contributed by atoms with van der Waals surface area (Å²) in [5.74, 6) is -0.306. The average molecular weight is 444 g/mol. The summed E-state index contributed by atoms with van der Waals surface area (Å²) in [4.78, 5) is 17.6. The van der Waals surface area contributed by atoms with Gasteiger partial charge in [-0.2, -0.15) is 4.31 Å². The summed E-state index contributed by atoms with van der Waals surface area (Å²) in [6.07, 6.45) is 1.000. The number of hydrogen-bond acceptors (Lipinski definition) is 5. The molecule has 3 aromatic rings. The summed E-state index contributed by atoms with van der Waals surface area (Å²) in [6, 6.07) is 11.1. The number of piperidine rings is 1. The summed E-state index contributed by atoms with van der Waals surface area (Å²) in [7, 11) is -3.53. The van der Waals surface area contributed by atoms with Crippen molar-refractivity contribution in [3.8, 4) is 0 Å². The van der Waals surface area contributed by atoms with E-state index in [0.717, 1.165) is 21.3 Å². The van der Waals surface area contributed by atoms with E-state index in [1.54, 1.807) is 18.2 Å². The normalized spacial score (nSPS) is 16.1. The highest BCUT2D eigenvalue weighted by atomic mass is 32.2. The number of carbonyl (C=O) groups is 1. The summed E-state index contributed by atoms with van der Waals surface area (Å²) >= 11 is 1.47. The zero-order valence-corrected chi connectivity index (χ0v) is 18.9. The van der Waals surface area contributed by atoms with Gasteiger partial charge in [-0.3, -0.25) is 4.79 Å². The molecular weight excluding hydrogens is 418 g/mol. The van der Waals surface area contributed by atoms with Gasteiger partial charge in [-0.1, -0.05) is 29.5 Å². The number of aryl methyl sites for hydroxylation is 3. The van der Waals surface area contributed by atoms with Crippen molar-refractivity contribution in [1.82, 2.24) is 9.29 Å². The van der Waals surface area contributed by atoms with E-state index in [0.29, 0.717) is 36.0 Å². The lowest BCUT2D eigenvalue weighted by Gasteiger charge is -2.30. The highest BCUT2D eigenvalue weighted by Crippen LogP contribution is 2.31. The monoisotopic (exact) mass is 443 g/mol. The molecule has 1 N–H and O–H groups in total. The third-order valence-corrected chi connectivity index (χ3v) is 8.32. The maximum Gasteiger partial charge on any atom is 0.243 e. The van der Waals surface area contributed by atoms with E-state index in [-0.39, 0.29) is 11.8 Å². The second-order valence-electron chi connectivity index (χ2n) is 7.93. The highest BCUT2D eigenvalue weighted by molar-refractivity contribution is 7.89. The van der Waals surface area contributed by atoms with E-state index < -0.39 is 10.0 Å². The first kappa shape index (κ1) is 21.0. The van der Waals surface area contributed by atoms with Crippen LogP contribution in [0.4, 0.5) is 5.13 Å². The molecule has 158 valence electrons. The number of carbonyl (C=O) groups excluding carboxylic acids is 1. The number of benzene rings is 2. The number of hydrogen-bond donors (Lipinski definition) is 1. The number of anilines is 1. The SMILES string of the molecule is Cc1cccc(S(=O)(=O)N2CCC(C(=O)Nc3nc4c(C)cc(C)cc4s3)CC2)c1. The van der Waals surface area contributed by atoms with Gasteiger partial charge in [0.25, 0.3) is 0 Å².